The van der Waals surface area contributed by atoms with Crippen molar-refractivity contribution in [2.45, 2.75) is 45.9 Å². The Balaban J connectivity index is 1.64. The molecule has 2 aromatic rings. The van der Waals surface area contributed by atoms with Crippen LogP contribution in [-0.2, 0) is 16.8 Å². The fourth-order valence-electron chi connectivity index (χ4n) is 2.43. The van der Waals surface area contributed by atoms with E-state index in [1.54, 1.807) is 0 Å². The van der Waals surface area contributed by atoms with E-state index < -0.39 is 0 Å². The van der Waals surface area contributed by atoms with Crippen molar-refractivity contribution >= 4 is 0 Å². The summed E-state index contributed by atoms with van der Waals surface area (Å²) < 4.78 is 7.68. The van der Waals surface area contributed by atoms with E-state index in [1.165, 1.54) is 0 Å². The van der Waals surface area contributed by atoms with Gasteiger partial charge in [-0.1, -0.05) is 5.21 Å². The molecule has 0 saturated carbocycles. The van der Waals surface area contributed by atoms with Crippen LogP contribution >= 0.6 is 0 Å². The standard InChI is InChI=1S/C14H23N7O/c1-10-15-13(18-16-10)12-9-20(5-6-22-12)7-11-8-21(19-17-11)14(2,3)4/h8,12H,5-7,9H2,1-4H3,(H,15,16,18). The fourth-order valence-corrected chi connectivity index (χ4v) is 2.43. The van der Waals surface area contributed by atoms with Crippen molar-refractivity contribution in [1.82, 2.24) is 35.1 Å². The Labute approximate surface area is 129 Å². The van der Waals surface area contributed by atoms with Gasteiger partial charge in [0, 0.05) is 19.6 Å². The number of morpholine rings is 1. The predicted molar refractivity (Wildman–Crippen MR) is 80.1 cm³/mol. The number of hydrogen-bond donors (Lipinski definition) is 1. The molecule has 1 N–H and O–H groups in total. The van der Waals surface area contributed by atoms with E-state index in [9.17, 15) is 0 Å². The lowest BCUT2D eigenvalue weighted by Gasteiger charge is -2.30. The highest BCUT2D eigenvalue weighted by atomic mass is 16.5. The molecule has 8 nitrogen and oxygen atoms in total. The molecule has 1 aliphatic heterocycles. The summed E-state index contributed by atoms with van der Waals surface area (Å²) in [6.07, 6.45) is 1.93. The van der Waals surface area contributed by atoms with Gasteiger partial charge in [0.15, 0.2) is 5.82 Å². The van der Waals surface area contributed by atoms with Gasteiger partial charge in [-0.3, -0.25) is 10.00 Å². The average Bonchev–Trinajstić information content (AvgIpc) is 3.08. The molecule has 0 amide bonds. The summed E-state index contributed by atoms with van der Waals surface area (Å²) >= 11 is 0. The lowest BCUT2D eigenvalue weighted by atomic mass is 10.1. The molecule has 1 atom stereocenters. The Bertz CT molecular complexity index is 627. The number of aromatic amines is 1. The van der Waals surface area contributed by atoms with Crippen LogP contribution in [0, 0.1) is 6.92 Å². The first-order valence-corrected chi connectivity index (χ1v) is 7.56. The molecule has 1 fully saturated rings. The van der Waals surface area contributed by atoms with E-state index in [-0.39, 0.29) is 11.6 Å². The summed E-state index contributed by atoms with van der Waals surface area (Å²) in [5.41, 5.74) is 0.927. The molecule has 0 bridgehead atoms. The topological polar surface area (TPSA) is 84.8 Å². The van der Waals surface area contributed by atoms with Gasteiger partial charge in [-0.25, -0.2) is 9.67 Å². The summed E-state index contributed by atoms with van der Waals surface area (Å²) in [6.45, 7) is 11.3. The van der Waals surface area contributed by atoms with Gasteiger partial charge in [0.25, 0.3) is 0 Å². The summed E-state index contributed by atoms with van der Waals surface area (Å²) in [7, 11) is 0. The van der Waals surface area contributed by atoms with E-state index in [4.69, 9.17) is 4.74 Å². The van der Waals surface area contributed by atoms with E-state index in [2.05, 4.69) is 51.2 Å². The number of nitrogens with one attached hydrogen (secondary N) is 1. The second-order valence-corrected chi connectivity index (χ2v) is 6.70. The minimum Gasteiger partial charge on any atom is -0.367 e. The second kappa shape index (κ2) is 5.77. The van der Waals surface area contributed by atoms with Crippen LogP contribution in [0.25, 0.3) is 0 Å². The highest BCUT2D eigenvalue weighted by Gasteiger charge is 2.26. The van der Waals surface area contributed by atoms with Gasteiger partial charge in [0.05, 0.1) is 24.0 Å². The number of hydrogen-bond acceptors (Lipinski definition) is 6. The second-order valence-electron chi connectivity index (χ2n) is 6.70. The number of aromatic nitrogens is 6. The molecule has 22 heavy (non-hydrogen) atoms. The van der Waals surface area contributed by atoms with E-state index in [1.807, 2.05) is 17.8 Å². The van der Waals surface area contributed by atoms with Crippen LogP contribution in [0.3, 0.4) is 0 Å². The largest absolute Gasteiger partial charge is 0.367 e. The van der Waals surface area contributed by atoms with Gasteiger partial charge in [-0.05, 0) is 27.7 Å². The van der Waals surface area contributed by atoms with E-state index in [0.29, 0.717) is 6.61 Å². The summed E-state index contributed by atoms with van der Waals surface area (Å²) in [5, 5.41) is 15.5. The fraction of sp³-hybridized carbons (Fsp3) is 0.714. The van der Waals surface area contributed by atoms with Crippen molar-refractivity contribution in [2.75, 3.05) is 19.7 Å². The van der Waals surface area contributed by atoms with Crippen molar-refractivity contribution in [3.63, 3.8) is 0 Å². The number of H-pyrrole nitrogens is 1. The van der Waals surface area contributed by atoms with Crippen LogP contribution in [-0.4, -0.2) is 54.8 Å². The maximum atomic E-state index is 5.78. The maximum absolute atomic E-state index is 5.78. The molecule has 0 radical (unpaired) electrons. The molecule has 0 aromatic carbocycles. The van der Waals surface area contributed by atoms with Crippen LogP contribution in [0.5, 0.6) is 0 Å². The summed E-state index contributed by atoms with van der Waals surface area (Å²) in [6, 6.07) is 0. The van der Waals surface area contributed by atoms with Crippen LogP contribution in [0.1, 0.15) is 44.2 Å². The van der Waals surface area contributed by atoms with Gasteiger partial charge in [0.2, 0.25) is 0 Å². The minimum atomic E-state index is -0.0867. The summed E-state index contributed by atoms with van der Waals surface area (Å²) in [5.74, 6) is 1.53. The third-order valence-corrected chi connectivity index (χ3v) is 3.67. The molecule has 120 valence electrons. The minimum absolute atomic E-state index is 0.0463. The quantitative estimate of drug-likeness (QED) is 0.912. The molecular formula is C14H23N7O. The number of nitrogens with zero attached hydrogens (tertiary/aromatic N) is 6. The first-order valence-electron chi connectivity index (χ1n) is 7.56. The van der Waals surface area contributed by atoms with Crippen molar-refractivity contribution < 1.29 is 4.74 Å². The van der Waals surface area contributed by atoms with Crippen molar-refractivity contribution in [2.24, 2.45) is 0 Å². The highest BCUT2D eigenvalue weighted by Crippen LogP contribution is 2.20. The van der Waals surface area contributed by atoms with Crippen LogP contribution in [0.4, 0.5) is 0 Å². The number of aryl methyl sites for hydroxylation is 1. The molecule has 1 saturated heterocycles. The van der Waals surface area contributed by atoms with Gasteiger partial charge >= 0.3 is 0 Å². The Morgan fingerprint density at radius 2 is 2.23 bits per heavy atom. The Morgan fingerprint density at radius 1 is 1.41 bits per heavy atom. The lowest BCUT2D eigenvalue weighted by Crippen LogP contribution is -2.38. The van der Waals surface area contributed by atoms with Gasteiger partial charge in [-0.15, -0.1) is 5.10 Å². The van der Waals surface area contributed by atoms with Crippen molar-refractivity contribution in [1.29, 1.82) is 0 Å². The molecule has 8 heteroatoms. The molecule has 1 aliphatic rings. The average molecular weight is 305 g/mol. The molecule has 3 rings (SSSR count). The number of rotatable bonds is 3. The third-order valence-electron chi connectivity index (χ3n) is 3.67. The zero-order valence-corrected chi connectivity index (χ0v) is 13.6. The molecule has 2 aromatic heterocycles. The Kier molecular flexibility index (Phi) is 3.96. The lowest BCUT2D eigenvalue weighted by molar-refractivity contribution is -0.0374. The highest BCUT2D eigenvalue weighted by molar-refractivity contribution is 4.98. The molecule has 1 unspecified atom stereocenters. The van der Waals surface area contributed by atoms with E-state index >= 15 is 0 Å². The molecule has 0 aliphatic carbocycles. The Morgan fingerprint density at radius 3 is 2.86 bits per heavy atom. The van der Waals surface area contributed by atoms with Crippen LogP contribution < -0.4 is 0 Å². The maximum Gasteiger partial charge on any atom is 0.180 e. The molecule has 0 spiro atoms. The first-order chi connectivity index (χ1) is 10.4. The normalized spacial score (nSPS) is 20.5. The SMILES string of the molecule is Cc1nc(C2CN(Cc3cn(C(C)(C)C)nn3)CCO2)n[nH]1. The van der Waals surface area contributed by atoms with Crippen molar-refractivity contribution in [3.05, 3.63) is 23.5 Å². The number of ether oxygens (including phenoxy) is 1. The monoisotopic (exact) mass is 305 g/mol. The molecular weight excluding hydrogens is 282 g/mol. The first kappa shape index (κ1) is 15.1. The van der Waals surface area contributed by atoms with Crippen LogP contribution in [0.2, 0.25) is 0 Å². The zero-order valence-electron chi connectivity index (χ0n) is 13.6. The smallest absolute Gasteiger partial charge is 0.180 e. The van der Waals surface area contributed by atoms with E-state index in [0.717, 1.165) is 37.0 Å². The van der Waals surface area contributed by atoms with Crippen molar-refractivity contribution in [3.8, 4) is 0 Å². The third kappa shape index (κ3) is 3.33. The molecule has 3 heterocycles. The van der Waals surface area contributed by atoms with Crippen LogP contribution in [0.15, 0.2) is 6.20 Å². The Hall–Kier alpha value is -1.80. The predicted octanol–water partition coefficient (Wildman–Crippen LogP) is 1.03. The van der Waals surface area contributed by atoms with Gasteiger partial charge < -0.3 is 4.74 Å². The van der Waals surface area contributed by atoms with Gasteiger partial charge in [-0.2, -0.15) is 5.10 Å². The van der Waals surface area contributed by atoms with Gasteiger partial charge in [0.1, 0.15) is 11.9 Å². The zero-order chi connectivity index (χ0) is 15.7. The summed E-state index contributed by atoms with van der Waals surface area (Å²) in [4.78, 5) is 6.66.